The van der Waals surface area contributed by atoms with E-state index in [0.717, 1.165) is 30.2 Å². The Morgan fingerprint density at radius 2 is 2.21 bits per heavy atom. The molecule has 0 bridgehead atoms. The Bertz CT molecular complexity index is 413. The second-order valence-electron chi connectivity index (χ2n) is 5.01. The topological polar surface area (TPSA) is 41.5 Å². The highest BCUT2D eigenvalue weighted by atomic mass is 16.5. The van der Waals surface area contributed by atoms with Gasteiger partial charge in [-0.2, -0.15) is 0 Å². The summed E-state index contributed by atoms with van der Waals surface area (Å²) in [6.45, 7) is 1.10. The lowest BCUT2D eigenvalue weighted by Crippen LogP contribution is -2.32. The van der Waals surface area contributed by atoms with Gasteiger partial charge in [0.15, 0.2) is 0 Å². The van der Waals surface area contributed by atoms with Gasteiger partial charge in [-0.1, -0.05) is 30.4 Å². The van der Waals surface area contributed by atoms with E-state index in [4.69, 9.17) is 9.84 Å². The van der Waals surface area contributed by atoms with Crippen LogP contribution in [0.5, 0.6) is 5.75 Å². The standard InChI is InChI=1S/C16H23NO2/c1-19-16-7-3-2-5-14(16)6-4-11-17-15(10-12-18)13-8-9-13/h2-7,13,15,17-18H,8-12H2,1H3/b6-4+. The molecule has 104 valence electrons. The zero-order valence-electron chi connectivity index (χ0n) is 11.5. The molecular weight excluding hydrogens is 238 g/mol. The first-order valence-electron chi connectivity index (χ1n) is 6.99. The van der Waals surface area contributed by atoms with Gasteiger partial charge in [0.05, 0.1) is 7.11 Å². The minimum Gasteiger partial charge on any atom is -0.496 e. The van der Waals surface area contributed by atoms with E-state index in [2.05, 4.69) is 17.5 Å². The minimum absolute atomic E-state index is 0.268. The number of hydrogen-bond donors (Lipinski definition) is 2. The van der Waals surface area contributed by atoms with Crippen LogP contribution < -0.4 is 10.1 Å². The molecule has 0 saturated heterocycles. The van der Waals surface area contributed by atoms with Crippen molar-refractivity contribution in [3.63, 3.8) is 0 Å². The van der Waals surface area contributed by atoms with Gasteiger partial charge in [0.2, 0.25) is 0 Å². The third-order valence-corrected chi connectivity index (χ3v) is 3.57. The van der Waals surface area contributed by atoms with E-state index in [9.17, 15) is 0 Å². The summed E-state index contributed by atoms with van der Waals surface area (Å²) in [6, 6.07) is 8.45. The maximum absolute atomic E-state index is 9.04. The Morgan fingerprint density at radius 1 is 1.42 bits per heavy atom. The van der Waals surface area contributed by atoms with E-state index >= 15 is 0 Å². The number of ether oxygens (including phenoxy) is 1. The van der Waals surface area contributed by atoms with Crippen molar-refractivity contribution >= 4 is 6.08 Å². The lowest BCUT2D eigenvalue weighted by atomic mass is 10.1. The molecule has 3 heteroatoms. The van der Waals surface area contributed by atoms with Crippen LogP contribution in [0.15, 0.2) is 30.3 Å². The van der Waals surface area contributed by atoms with Crippen LogP contribution in [0.4, 0.5) is 0 Å². The second kappa shape index (κ2) is 7.31. The van der Waals surface area contributed by atoms with Crippen molar-refractivity contribution in [1.82, 2.24) is 5.32 Å². The first kappa shape index (κ1) is 14.1. The summed E-state index contributed by atoms with van der Waals surface area (Å²) in [5.41, 5.74) is 1.09. The largest absolute Gasteiger partial charge is 0.496 e. The van der Waals surface area contributed by atoms with Crippen molar-refractivity contribution in [3.8, 4) is 5.75 Å². The highest BCUT2D eigenvalue weighted by molar-refractivity contribution is 5.57. The molecule has 0 amide bonds. The molecule has 0 aliphatic heterocycles. The van der Waals surface area contributed by atoms with Crippen LogP contribution in [-0.4, -0.2) is 31.4 Å². The van der Waals surface area contributed by atoms with Gasteiger partial charge in [-0.05, 0) is 31.2 Å². The Balaban J connectivity index is 1.82. The third kappa shape index (κ3) is 4.37. The molecule has 1 fully saturated rings. The summed E-state index contributed by atoms with van der Waals surface area (Å²) >= 11 is 0. The Morgan fingerprint density at radius 3 is 2.89 bits per heavy atom. The zero-order valence-corrected chi connectivity index (χ0v) is 11.5. The summed E-state index contributed by atoms with van der Waals surface area (Å²) in [5.74, 6) is 1.67. The average Bonchev–Trinajstić information content (AvgIpc) is 3.27. The molecule has 1 aliphatic rings. The van der Waals surface area contributed by atoms with Crippen LogP contribution in [0, 0.1) is 5.92 Å². The lowest BCUT2D eigenvalue weighted by molar-refractivity contribution is 0.258. The molecule has 1 aliphatic carbocycles. The van der Waals surface area contributed by atoms with Gasteiger partial charge >= 0.3 is 0 Å². The predicted octanol–water partition coefficient (Wildman–Crippen LogP) is 2.46. The molecule has 0 aromatic heterocycles. The number of nitrogens with one attached hydrogen (secondary N) is 1. The second-order valence-corrected chi connectivity index (χ2v) is 5.01. The van der Waals surface area contributed by atoms with E-state index in [1.165, 1.54) is 12.8 Å². The normalized spacial score (nSPS) is 16.7. The van der Waals surface area contributed by atoms with E-state index < -0.39 is 0 Å². The molecule has 0 radical (unpaired) electrons. The van der Waals surface area contributed by atoms with Crippen LogP contribution >= 0.6 is 0 Å². The van der Waals surface area contributed by atoms with E-state index in [1.54, 1.807) is 7.11 Å². The van der Waals surface area contributed by atoms with Crippen LogP contribution in [-0.2, 0) is 0 Å². The third-order valence-electron chi connectivity index (χ3n) is 3.57. The minimum atomic E-state index is 0.268. The molecular formula is C16H23NO2. The van der Waals surface area contributed by atoms with Crippen molar-refractivity contribution in [2.24, 2.45) is 5.92 Å². The van der Waals surface area contributed by atoms with Gasteiger partial charge in [0, 0.05) is 24.8 Å². The Hall–Kier alpha value is -1.32. The Labute approximate surface area is 115 Å². The average molecular weight is 261 g/mol. The first-order chi connectivity index (χ1) is 9.35. The van der Waals surface area contributed by atoms with Gasteiger partial charge in [0.25, 0.3) is 0 Å². The van der Waals surface area contributed by atoms with E-state index in [0.29, 0.717) is 6.04 Å². The fourth-order valence-electron chi connectivity index (χ4n) is 2.35. The monoisotopic (exact) mass is 261 g/mol. The maximum Gasteiger partial charge on any atom is 0.126 e. The van der Waals surface area contributed by atoms with E-state index in [-0.39, 0.29) is 6.61 Å². The molecule has 2 rings (SSSR count). The first-order valence-corrected chi connectivity index (χ1v) is 6.99. The quantitative estimate of drug-likeness (QED) is 0.755. The van der Waals surface area contributed by atoms with Gasteiger partial charge in [0.1, 0.15) is 5.75 Å². The molecule has 0 heterocycles. The van der Waals surface area contributed by atoms with Crippen LogP contribution in [0.3, 0.4) is 0 Å². The Kier molecular flexibility index (Phi) is 5.43. The predicted molar refractivity (Wildman–Crippen MR) is 78.2 cm³/mol. The van der Waals surface area contributed by atoms with Gasteiger partial charge < -0.3 is 15.2 Å². The summed E-state index contributed by atoms with van der Waals surface area (Å²) in [5, 5.41) is 12.5. The molecule has 3 nitrogen and oxygen atoms in total. The molecule has 1 unspecified atom stereocenters. The van der Waals surface area contributed by atoms with Crippen molar-refractivity contribution in [2.45, 2.75) is 25.3 Å². The summed E-state index contributed by atoms with van der Waals surface area (Å²) < 4.78 is 5.31. The number of aliphatic hydroxyl groups excluding tert-OH is 1. The number of benzene rings is 1. The van der Waals surface area contributed by atoms with Gasteiger partial charge in [-0.15, -0.1) is 0 Å². The molecule has 2 N–H and O–H groups in total. The fraction of sp³-hybridized carbons (Fsp3) is 0.500. The van der Waals surface area contributed by atoms with Gasteiger partial charge in [-0.3, -0.25) is 0 Å². The lowest BCUT2D eigenvalue weighted by Gasteiger charge is -2.15. The molecule has 1 atom stereocenters. The summed E-state index contributed by atoms with van der Waals surface area (Å²) in [6.07, 6.45) is 7.65. The number of hydrogen-bond acceptors (Lipinski definition) is 3. The molecule has 1 aromatic rings. The summed E-state index contributed by atoms with van der Waals surface area (Å²) in [4.78, 5) is 0. The maximum atomic E-state index is 9.04. The van der Waals surface area contributed by atoms with Gasteiger partial charge in [-0.25, -0.2) is 0 Å². The van der Waals surface area contributed by atoms with Crippen LogP contribution in [0.1, 0.15) is 24.8 Å². The van der Waals surface area contributed by atoms with Crippen LogP contribution in [0.25, 0.3) is 6.08 Å². The summed E-state index contributed by atoms with van der Waals surface area (Å²) in [7, 11) is 1.69. The van der Waals surface area contributed by atoms with E-state index in [1.807, 2.05) is 24.3 Å². The zero-order chi connectivity index (χ0) is 13.5. The number of para-hydroxylation sites is 1. The SMILES string of the molecule is COc1ccccc1/C=C/CNC(CCO)C1CC1. The highest BCUT2D eigenvalue weighted by Crippen LogP contribution is 2.33. The highest BCUT2D eigenvalue weighted by Gasteiger charge is 2.29. The van der Waals surface area contributed by atoms with Crippen molar-refractivity contribution in [1.29, 1.82) is 0 Å². The molecule has 1 aromatic carbocycles. The van der Waals surface area contributed by atoms with Crippen molar-refractivity contribution < 1.29 is 9.84 Å². The molecule has 0 spiro atoms. The molecule has 19 heavy (non-hydrogen) atoms. The fourth-order valence-corrected chi connectivity index (χ4v) is 2.35. The number of rotatable bonds is 8. The smallest absolute Gasteiger partial charge is 0.126 e. The van der Waals surface area contributed by atoms with Crippen molar-refractivity contribution in [2.75, 3.05) is 20.3 Å². The van der Waals surface area contributed by atoms with Crippen LogP contribution in [0.2, 0.25) is 0 Å². The number of methoxy groups -OCH3 is 1. The number of aliphatic hydroxyl groups is 1. The molecule has 1 saturated carbocycles. The van der Waals surface area contributed by atoms with Crippen molar-refractivity contribution in [3.05, 3.63) is 35.9 Å².